The highest BCUT2D eigenvalue weighted by molar-refractivity contribution is 7.74. The van der Waals surface area contributed by atoms with Gasteiger partial charge in [-0.15, -0.1) is 0 Å². The molecular weight excluding hydrogens is 287 g/mol. The Morgan fingerprint density at radius 1 is 1.09 bits per heavy atom. The summed E-state index contributed by atoms with van der Waals surface area (Å²) in [6.45, 7) is 10.8. The lowest BCUT2D eigenvalue weighted by Gasteiger charge is -2.06. The molecule has 2 aromatic carbocycles. The van der Waals surface area contributed by atoms with Crippen molar-refractivity contribution in [2.24, 2.45) is 4.99 Å². The summed E-state index contributed by atoms with van der Waals surface area (Å²) in [7, 11) is 0.0944. The third-order valence-corrected chi connectivity index (χ3v) is 7.72. The van der Waals surface area contributed by atoms with E-state index in [1.165, 1.54) is 10.8 Å². The van der Waals surface area contributed by atoms with E-state index >= 15 is 0 Å². The van der Waals surface area contributed by atoms with Gasteiger partial charge in [-0.1, -0.05) is 46.9 Å². The fourth-order valence-electron chi connectivity index (χ4n) is 2.99. The van der Waals surface area contributed by atoms with Crippen LogP contribution >= 0.6 is 7.92 Å². The third-order valence-electron chi connectivity index (χ3n) is 4.54. The Hall–Kier alpha value is -1.24. The van der Waals surface area contributed by atoms with E-state index in [0.717, 1.165) is 35.8 Å². The highest BCUT2D eigenvalue weighted by Crippen LogP contribution is 2.64. The first kappa shape index (κ1) is 15.6. The molecule has 0 aliphatic carbocycles. The fraction of sp³-hybridized carbons (Fsp3) is 0.421. The van der Waals surface area contributed by atoms with Crippen LogP contribution in [-0.2, 0) is 0 Å². The first-order valence-corrected chi connectivity index (χ1v) is 9.65. The Balaban J connectivity index is 1.84. The minimum absolute atomic E-state index is 0.0944. The summed E-state index contributed by atoms with van der Waals surface area (Å²) in [5, 5.41) is 7.50. The molecule has 2 aromatic rings. The minimum atomic E-state index is 0.0944. The Labute approximate surface area is 134 Å². The van der Waals surface area contributed by atoms with Gasteiger partial charge in [0.15, 0.2) is 0 Å². The van der Waals surface area contributed by atoms with Gasteiger partial charge >= 0.3 is 0 Å². The number of nitrogens with one attached hydrogen (secondary N) is 1. The third kappa shape index (κ3) is 3.24. The van der Waals surface area contributed by atoms with E-state index in [4.69, 9.17) is 4.99 Å². The quantitative estimate of drug-likeness (QED) is 0.640. The molecule has 2 atom stereocenters. The largest absolute Gasteiger partial charge is 0.312 e. The van der Waals surface area contributed by atoms with Crippen LogP contribution in [0.4, 0.5) is 5.69 Å². The van der Waals surface area contributed by atoms with Gasteiger partial charge in [-0.3, -0.25) is 4.99 Å². The van der Waals surface area contributed by atoms with E-state index in [2.05, 4.69) is 69.4 Å². The zero-order chi connectivity index (χ0) is 15.7. The summed E-state index contributed by atoms with van der Waals surface area (Å²) in [6, 6.07) is 13.5. The lowest BCUT2D eigenvalue weighted by Crippen LogP contribution is -2.20. The predicted octanol–water partition coefficient (Wildman–Crippen LogP) is 4.44. The van der Waals surface area contributed by atoms with E-state index in [1.807, 2.05) is 0 Å². The molecule has 1 saturated heterocycles. The van der Waals surface area contributed by atoms with Gasteiger partial charge in [0.1, 0.15) is 0 Å². The maximum atomic E-state index is 4.70. The number of hydrogen-bond donors (Lipinski definition) is 1. The van der Waals surface area contributed by atoms with Crippen molar-refractivity contribution in [2.75, 3.05) is 13.1 Å². The summed E-state index contributed by atoms with van der Waals surface area (Å²) >= 11 is 0. The highest BCUT2D eigenvalue weighted by atomic mass is 31.1. The number of aliphatic imine (C=N–C) groups is 1. The molecule has 1 aliphatic heterocycles. The molecule has 0 bridgehead atoms. The van der Waals surface area contributed by atoms with E-state index < -0.39 is 0 Å². The van der Waals surface area contributed by atoms with Crippen molar-refractivity contribution in [3.05, 3.63) is 36.4 Å². The molecule has 2 unspecified atom stereocenters. The van der Waals surface area contributed by atoms with E-state index in [0.29, 0.717) is 0 Å². The fourth-order valence-corrected chi connectivity index (χ4v) is 5.67. The van der Waals surface area contributed by atoms with Gasteiger partial charge < -0.3 is 5.32 Å². The van der Waals surface area contributed by atoms with Gasteiger partial charge in [-0.25, -0.2) is 0 Å². The van der Waals surface area contributed by atoms with Crippen LogP contribution in [0.15, 0.2) is 41.4 Å². The van der Waals surface area contributed by atoms with Crippen LogP contribution in [0, 0.1) is 0 Å². The molecule has 0 amide bonds. The molecule has 2 nitrogen and oxygen atoms in total. The van der Waals surface area contributed by atoms with Crippen molar-refractivity contribution in [1.29, 1.82) is 0 Å². The van der Waals surface area contributed by atoms with Crippen LogP contribution < -0.4 is 10.6 Å². The van der Waals surface area contributed by atoms with E-state index in [1.54, 1.807) is 5.30 Å². The van der Waals surface area contributed by atoms with Crippen LogP contribution in [0.25, 0.3) is 10.8 Å². The standard InChI is InChI=1S/C19H25N2P/c1-5-20-12-13(2)21-18-8-6-17-11-19(9-7-16(17)10-18)22-14(3)15(22)4/h6-11,14-15,20H,5,12H2,1-4H3. The molecule has 3 heteroatoms. The van der Waals surface area contributed by atoms with Crippen LogP contribution in [0.1, 0.15) is 27.7 Å². The molecule has 0 saturated carbocycles. The van der Waals surface area contributed by atoms with Gasteiger partial charge in [0.05, 0.1) is 5.69 Å². The maximum Gasteiger partial charge on any atom is 0.0635 e. The first-order valence-electron chi connectivity index (χ1n) is 8.17. The molecule has 3 rings (SSSR count). The monoisotopic (exact) mass is 312 g/mol. The van der Waals surface area contributed by atoms with Crippen molar-refractivity contribution < 1.29 is 0 Å². The number of hydrogen-bond acceptors (Lipinski definition) is 2. The predicted molar refractivity (Wildman–Crippen MR) is 101 cm³/mol. The Kier molecular flexibility index (Phi) is 4.61. The van der Waals surface area contributed by atoms with Crippen molar-refractivity contribution in [2.45, 2.75) is 39.0 Å². The molecule has 0 aromatic heterocycles. The zero-order valence-electron chi connectivity index (χ0n) is 13.9. The van der Waals surface area contributed by atoms with Gasteiger partial charge in [0.25, 0.3) is 0 Å². The van der Waals surface area contributed by atoms with E-state index in [-0.39, 0.29) is 7.92 Å². The SMILES string of the molecule is CCNCC(C)=Nc1ccc2cc(P3C(C)C3C)ccc2c1. The summed E-state index contributed by atoms with van der Waals surface area (Å²) in [5.41, 5.74) is 3.96. The zero-order valence-corrected chi connectivity index (χ0v) is 14.8. The second-order valence-electron chi connectivity index (χ2n) is 6.23. The summed E-state index contributed by atoms with van der Waals surface area (Å²) in [5.74, 6) is 0. The Morgan fingerprint density at radius 2 is 1.77 bits per heavy atom. The van der Waals surface area contributed by atoms with Gasteiger partial charge in [0.2, 0.25) is 0 Å². The number of benzene rings is 2. The number of nitrogens with zero attached hydrogens (tertiary/aromatic N) is 1. The first-order chi connectivity index (χ1) is 10.6. The summed E-state index contributed by atoms with van der Waals surface area (Å²) < 4.78 is 0. The number of rotatable bonds is 5. The van der Waals surface area contributed by atoms with Crippen LogP contribution in [0.3, 0.4) is 0 Å². The molecule has 1 N–H and O–H groups in total. The molecule has 116 valence electrons. The molecule has 1 fully saturated rings. The van der Waals surface area contributed by atoms with Crippen molar-refractivity contribution in [1.82, 2.24) is 5.32 Å². The van der Waals surface area contributed by atoms with Crippen LogP contribution in [0.5, 0.6) is 0 Å². The normalized spacial score (nSPS) is 24.7. The average molecular weight is 312 g/mol. The smallest absolute Gasteiger partial charge is 0.0635 e. The summed E-state index contributed by atoms with van der Waals surface area (Å²) in [6.07, 6.45) is 0. The summed E-state index contributed by atoms with van der Waals surface area (Å²) in [4.78, 5) is 4.70. The van der Waals surface area contributed by atoms with Gasteiger partial charge in [-0.2, -0.15) is 0 Å². The molecule has 0 spiro atoms. The molecule has 0 radical (unpaired) electrons. The second-order valence-corrected chi connectivity index (χ2v) is 9.19. The Bertz CT molecular complexity index is 700. The minimum Gasteiger partial charge on any atom is -0.312 e. The van der Waals surface area contributed by atoms with Gasteiger partial charge in [0, 0.05) is 12.3 Å². The molecular formula is C19H25N2P. The van der Waals surface area contributed by atoms with Crippen LogP contribution in [-0.4, -0.2) is 30.1 Å². The van der Waals surface area contributed by atoms with Gasteiger partial charge in [-0.05, 0) is 59.1 Å². The number of fused-ring (bicyclic) bond motifs is 1. The van der Waals surface area contributed by atoms with Crippen molar-refractivity contribution in [3.8, 4) is 0 Å². The highest BCUT2D eigenvalue weighted by Gasteiger charge is 2.43. The van der Waals surface area contributed by atoms with Crippen LogP contribution in [0.2, 0.25) is 0 Å². The van der Waals surface area contributed by atoms with Crippen molar-refractivity contribution >= 4 is 35.4 Å². The van der Waals surface area contributed by atoms with E-state index in [9.17, 15) is 0 Å². The average Bonchev–Trinajstić information content (AvgIpc) is 3.11. The maximum absolute atomic E-state index is 4.70. The topological polar surface area (TPSA) is 24.4 Å². The lowest BCUT2D eigenvalue weighted by molar-refractivity contribution is 0.815. The Morgan fingerprint density at radius 3 is 2.45 bits per heavy atom. The molecule has 1 heterocycles. The lowest BCUT2D eigenvalue weighted by atomic mass is 10.1. The second kappa shape index (κ2) is 6.48. The van der Waals surface area contributed by atoms with Crippen molar-refractivity contribution in [3.63, 3.8) is 0 Å². The molecule has 22 heavy (non-hydrogen) atoms. The molecule has 1 aliphatic rings.